The predicted octanol–water partition coefficient (Wildman–Crippen LogP) is 6.66. The minimum atomic E-state index is -5.05. The largest absolute Gasteiger partial charge is 0.467 e. The predicted molar refractivity (Wildman–Crippen MR) is 177 cm³/mol. The van der Waals surface area contributed by atoms with Crippen LogP contribution in [0.4, 0.5) is 37.2 Å². The van der Waals surface area contributed by atoms with Gasteiger partial charge in [-0.3, -0.25) is 9.69 Å². The van der Waals surface area contributed by atoms with E-state index in [1.165, 1.54) is 26.9 Å². The van der Waals surface area contributed by atoms with Gasteiger partial charge in [-0.15, -0.1) is 11.3 Å². The van der Waals surface area contributed by atoms with Crippen LogP contribution in [0.5, 0.6) is 6.01 Å². The lowest BCUT2D eigenvalue weighted by molar-refractivity contribution is -0.137. The van der Waals surface area contributed by atoms with E-state index in [9.17, 15) is 32.0 Å². The molecule has 4 aliphatic rings. The second-order valence-corrected chi connectivity index (χ2v) is 14.2. The first kappa shape index (κ1) is 34.1. The average Bonchev–Trinajstić information content (AvgIpc) is 3.81. The Balaban J connectivity index is 0.000000375. The number of nitrogen functional groups attached to an aromatic ring is 1. The highest BCUT2D eigenvalue weighted by Gasteiger charge is 2.43. The number of nitrogens with zero attached hydrogens (tertiary/aromatic N) is 6. The minimum absolute atomic E-state index is 0.0460. The molecule has 264 valence electrons. The zero-order valence-electron chi connectivity index (χ0n) is 27.2. The van der Waals surface area contributed by atoms with Gasteiger partial charge in [0.1, 0.15) is 34.4 Å². The van der Waals surface area contributed by atoms with Crippen molar-refractivity contribution in [3.63, 3.8) is 0 Å². The van der Waals surface area contributed by atoms with Gasteiger partial charge in [0, 0.05) is 61.0 Å². The molecule has 0 saturated carbocycles. The SMILES string of the molecule is COc1nc(N2CC3CC[C@H](C2)N3C(C)=O)c2cc(C(F)(F)F)c(-c3ccc(F)c4sc(N)c(C#N)c34)c(F)c2n1.FC1CC2CCCN2C1. The van der Waals surface area contributed by atoms with Crippen LogP contribution < -0.4 is 15.4 Å². The molecule has 0 spiro atoms. The highest BCUT2D eigenvalue weighted by atomic mass is 32.1. The summed E-state index contributed by atoms with van der Waals surface area (Å²) < 4.78 is 92.7. The fourth-order valence-electron chi connectivity index (χ4n) is 8.14. The zero-order valence-corrected chi connectivity index (χ0v) is 28.0. The van der Waals surface area contributed by atoms with E-state index in [0.29, 0.717) is 23.9 Å². The van der Waals surface area contributed by atoms with Crippen LogP contribution in [0.15, 0.2) is 18.2 Å². The van der Waals surface area contributed by atoms with E-state index in [0.717, 1.165) is 44.0 Å². The van der Waals surface area contributed by atoms with Gasteiger partial charge in [0.15, 0.2) is 5.82 Å². The van der Waals surface area contributed by atoms with E-state index < -0.39 is 40.6 Å². The van der Waals surface area contributed by atoms with Gasteiger partial charge in [-0.2, -0.15) is 28.4 Å². The Labute approximate surface area is 287 Å². The summed E-state index contributed by atoms with van der Waals surface area (Å²) in [7, 11) is 1.25. The van der Waals surface area contributed by atoms with Crippen molar-refractivity contribution >= 4 is 49.1 Å². The summed E-state index contributed by atoms with van der Waals surface area (Å²) in [5, 5.41) is 9.15. The number of benzene rings is 2. The van der Waals surface area contributed by atoms with E-state index in [-0.39, 0.29) is 74.5 Å². The van der Waals surface area contributed by atoms with Crippen LogP contribution in [-0.2, 0) is 11.0 Å². The topological polar surface area (TPSA) is 112 Å². The molecule has 50 heavy (non-hydrogen) atoms. The molecule has 8 rings (SSSR count). The fraction of sp³-hybridized carbons (Fsp3) is 0.471. The van der Waals surface area contributed by atoms with Crippen molar-refractivity contribution in [3.8, 4) is 23.2 Å². The Morgan fingerprint density at radius 3 is 2.44 bits per heavy atom. The standard InChI is InChI=1S/C27H21F5N6O2S.C7H12FN/c1-11(39)38-12-3-4-13(38)10-37(9-12)25-15-7-17(27(30,31)32)20(21(29)22(15)35-26(36-25)40-2)14-5-6-18(28)23-19(14)16(8-33)24(34)41-23;8-6-4-7-2-1-3-9(7)5-6/h5-7,12-13H,3-4,9-10,34H2,1-2H3;6-7H,1-5H2/t12-,13?;/m1./s1. The van der Waals surface area contributed by atoms with Crippen LogP contribution in [0.25, 0.3) is 32.1 Å². The van der Waals surface area contributed by atoms with E-state index in [1.54, 1.807) is 15.9 Å². The van der Waals surface area contributed by atoms with E-state index in [2.05, 4.69) is 14.9 Å². The number of rotatable bonds is 3. The van der Waals surface area contributed by atoms with Gasteiger partial charge < -0.3 is 20.3 Å². The van der Waals surface area contributed by atoms with Gasteiger partial charge in [0.05, 0.1) is 22.9 Å². The number of nitrogens with two attached hydrogens (primary N) is 1. The number of amides is 1. The molecule has 9 nitrogen and oxygen atoms in total. The van der Waals surface area contributed by atoms with Crippen molar-refractivity contribution in [2.75, 3.05) is 43.9 Å². The lowest BCUT2D eigenvalue weighted by Gasteiger charge is -2.41. The summed E-state index contributed by atoms with van der Waals surface area (Å²) in [5.41, 5.74) is 2.62. The van der Waals surface area contributed by atoms with Crippen LogP contribution in [-0.4, -0.2) is 83.3 Å². The Bertz CT molecular complexity index is 2020. The number of hydrogen-bond donors (Lipinski definition) is 1. The molecule has 0 aliphatic carbocycles. The Morgan fingerprint density at radius 1 is 1.10 bits per heavy atom. The minimum Gasteiger partial charge on any atom is -0.467 e. The van der Waals surface area contributed by atoms with Gasteiger partial charge in [-0.25, -0.2) is 13.2 Å². The molecule has 4 atom stereocenters. The third kappa shape index (κ3) is 5.73. The van der Waals surface area contributed by atoms with E-state index in [4.69, 9.17) is 10.5 Å². The van der Waals surface area contributed by atoms with Gasteiger partial charge in [-0.1, -0.05) is 6.07 Å². The maximum absolute atomic E-state index is 16.5. The number of halogens is 6. The van der Waals surface area contributed by atoms with Crippen LogP contribution >= 0.6 is 11.3 Å². The first-order valence-electron chi connectivity index (χ1n) is 16.3. The maximum Gasteiger partial charge on any atom is 0.417 e. The van der Waals surface area contributed by atoms with Crippen LogP contribution in [0.2, 0.25) is 0 Å². The number of carbonyl (C=O) groups excluding carboxylic acids is 1. The third-order valence-electron chi connectivity index (χ3n) is 10.2. The lowest BCUT2D eigenvalue weighted by Crippen LogP contribution is -2.55. The number of anilines is 2. The summed E-state index contributed by atoms with van der Waals surface area (Å²) >= 11 is 0.694. The van der Waals surface area contributed by atoms with Crippen molar-refractivity contribution in [2.24, 2.45) is 0 Å². The number of ether oxygens (including phenoxy) is 1. The highest BCUT2D eigenvalue weighted by molar-refractivity contribution is 7.23. The second-order valence-electron chi connectivity index (χ2n) is 13.1. The molecular formula is C34H33F6N7O2S. The molecule has 16 heteroatoms. The molecule has 2 N–H and O–H groups in total. The quantitative estimate of drug-likeness (QED) is 0.234. The molecule has 2 bridgehead atoms. The number of carbonyl (C=O) groups is 1. The molecule has 1 amide bonds. The number of thiophene rings is 1. The first-order chi connectivity index (χ1) is 23.8. The third-order valence-corrected chi connectivity index (χ3v) is 11.2. The molecule has 4 saturated heterocycles. The first-order valence-corrected chi connectivity index (χ1v) is 17.1. The maximum atomic E-state index is 16.5. The Hall–Kier alpha value is -4.36. The number of methoxy groups -OCH3 is 1. The Morgan fingerprint density at radius 2 is 1.82 bits per heavy atom. The summed E-state index contributed by atoms with van der Waals surface area (Å²) in [6, 6.07) is 4.50. The normalized spacial score (nSPS) is 23.3. The van der Waals surface area contributed by atoms with Crippen LogP contribution in [0.1, 0.15) is 50.2 Å². The molecular weight excluding hydrogens is 684 g/mol. The summed E-state index contributed by atoms with van der Waals surface area (Å²) in [5.74, 6) is -2.18. The number of alkyl halides is 4. The zero-order chi connectivity index (χ0) is 35.6. The van der Waals surface area contributed by atoms with Crippen molar-refractivity contribution < 1.29 is 35.9 Å². The molecule has 4 aromatic rings. The number of hydrogen-bond acceptors (Lipinski definition) is 9. The lowest BCUT2D eigenvalue weighted by atomic mass is 9.92. The number of fused-ring (bicyclic) bond motifs is 5. The fourth-order valence-corrected chi connectivity index (χ4v) is 9.08. The van der Waals surface area contributed by atoms with E-state index in [1.807, 2.05) is 0 Å². The Kier molecular flexibility index (Phi) is 8.70. The average molecular weight is 718 g/mol. The van der Waals surface area contributed by atoms with Crippen molar-refractivity contribution in [3.05, 3.63) is 41.0 Å². The number of aromatic nitrogens is 2. The van der Waals surface area contributed by atoms with Crippen molar-refractivity contribution in [1.29, 1.82) is 5.26 Å². The summed E-state index contributed by atoms with van der Waals surface area (Å²) in [6.45, 7) is 3.90. The number of piperazine rings is 1. The van der Waals surface area contributed by atoms with Gasteiger partial charge in [0.2, 0.25) is 5.91 Å². The second kappa shape index (κ2) is 12.8. The van der Waals surface area contributed by atoms with Gasteiger partial charge >= 0.3 is 12.2 Å². The smallest absolute Gasteiger partial charge is 0.417 e. The molecule has 4 fully saturated rings. The molecule has 6 heterocycles. The van der Waals surface area contributed by atoms with Crippen molar-refractivity contribution in [1.82, 2.24) is 19.8 Å². The van der Waals surface area contributed by atoms with Gasteiger partial charge in [-0.05, 0) is 56.3 Å². The molecule has 2 aromatic carbocycles. The molecule has 0 radical (unpaired) electrons. The molecule has 2 aromatic heterocycles. The van der Waals surface area contributed by atoms with E-state index >= 15 is 4.39 Å². The highest BCUT2D eigenvalue weighted by Crippen LogP contribution is 2.48. The summed E-state index contributed by atoms with van der Waals surface area (Å²) in [4.78, 5) is 26.4. The van der Waals surface area contributed by atoms with Gasteiger partial charge in [0.25, 0.3) is 0 Å². The van der Waals surface area contributed by atoms with Crippen LogP contribution in [0, 0.1) is 23.0 Å². The number of nitriles is 1. The summed E-state index contributed by atoms with van der Waals surface area (Å²) in [6.07, 6.45) is -0.798. The van der Waals surface area contributed by atoms with Crippen LogP contribution in [0.3, 0.4) is 0 Å². The monoisotopic (exact) mass is 717 g/mol. The molecule has 3 unspecified atom stereocenters. The van der Waals surface area contributed by atoms with Crippen molar-refractivity contribution in [2.45, 2.75) is 69.5 Å². The molecule has 4 aliphatic heterocycles.